The third-order valence-electron chi connectivity index (χ3n) is 4.49. The maximum Gasteiger partial charge on any atom is 0.315 e. The van der Waals surface area contributed by atoms with Crippen molar-refractivity contribution in [1.29, 1.82) is 0 Å². The number of carbonyl (C=O) groups excluding carboxylic acids is 1. The van der Waals surface area contributed by atoms with Gasteiger partial charge in [0.1, 0.15) is 0 Å². The zero-order valence-electron chi connectivity index (χ0n) is 14.5. The standard InChI is InChI=1S/C17H25N5OS/c1-12(2)14(15-21-20-13-7-4-5-9-22(13)15)19-16(23)18-11-17(3)8-6-10-24-17/h4-5,7,9,12,14H,6,8,10-11H2,1-3H3,(H2,18,19,23)/t14-,17-/m1/s1. The van der Waals surface area contributed by atoms with Gasteiger partial charge in [-0.3, -0.25) is 4.40 Å². The van der Waals surface area contributed by atoms with E-state index in [1.165, 1.54) is 12.2 Å². The van der Waals surface area contributed by atoms with Crippen LogP contribution in [0.3, 0.4) is 0 Å². The first-order valence-electron chi connectivity index (χ1n) is 8.46. The molecule has 2 amide bonds. The largest absolute Gasteiger partial charge is 0.337 e. The average molecular weight is 347 g/mol. The molecule has 0 spiro atoms. The van der Waals surface area contributed by atoms with E-state index in [0.29, 0.717) is 6.54 Å². The number of carbonyl (C=O) groups is 1. The van der Waals surface area contributed by atoms with Gasteiger partial charge in [0, 0.05) is 17.5 Å². The van der Waals surface area contributed by atoms with Crippen LogP contribution in [0.5, 0.6) is 0 Å². The van der Waals surface area contributed by atoms with E-state index in [2.05, 4.69) is 41.6 Å². The maximum absolute atomic E-state index is 12.4. The van der Waals surface area contributed by atoms with Gasteiger partial charge < -0.3 is 10.6 Å². The van der Waals surface area contributed by atoms with Gasteiger partial charge in [0.05, 0.1) is 6.04 Å². The molecule has 3 rings (SSSR count). The molecule has 0 radical (unpaired) electrons. The molecule has 3 heterocycles. The highest BCUT2D eigenvalue weighted by atomic mass is 32.2. The van der Waals surface area contributed by atoms with Crippen LogP contribution in [-0.4, -0.2) is 37.7 Å². The van der Waals surface area contributed by atoms with E-state index in [0.717, 1.165) is 17.9 Å². The molecule has 1 saturated heterocycles. The smallest absolute Gasteiger partial charge is 0.315 e. The Labute approximate surface area is 146 Å². The first-order valence-corrected chi connectivity index (χ1v) is 9.45. The van der Waals surface area contributed by atoms with Crippen LogP contribution in [0, 0.1) is 5.92 Å². The van der Waals surface area contributed by atoms with Gasteiger partial charge in [-0.15, -0.1) is 10.2 Å². The van der Waals surface area contributed by atoms with E-state index in [9.17, 15) is 4.79 Å². The second-order valence-corrected chi connectivity index (χ2v) is 8.62. The van der Waals surface area contributed by atoms with E-state index < -0.39 is 0 Å². The van der Waals surface area contributed by atoms with Crippen molar-refractivity contribution in [3.8, 4) is 0 Å². The SMILES string of the molecule is CC(C)[C@@H](NC(=O)NC[C@@]1(C)CCCS1)c1nnc2ccccn12. The Balaban J connectivity index is 1.69. The Kier molecular flexibility index (Phi) is 4.99. The zero-order chi connectivity index (χ0) is 17.2. The molecule has 1 aliphatic heterocycles. The number of fused-ring (bicyclic) bond motifs is 1. The maximum atomic E-state index is 12.4. The Morgan fingerprint density at radius 3 is 2.96 bits per heavy atom. The lowest BCUT2D eigenvalue weighted by Gasteiger charge is -2.25. The van der Waals surface area contributed by atoms with Crippen LogP contribution >= 0.6 is 11.8 Å². The van der Waals surface area contributed by atoms with E-state index >= 15 is 0 Å². The highest BCUT2D eigenvalue weighted by Crippen LogP contribution is 2.36. The van der Waals surface area contributed by atoms with Gasteiger partial charge in [0.15, 0.2) is 11.5 Å². The van der Waals surface area contributed by atoms with Crippen molar-refractivity contribution in [3.05, 3.63) is 30.2 Å². The highest BCUT2D eigenvalue weighted by Gasteiger charge is 2.30. The molecule has 2 aromatic heterocycles. The van der Waals surface area contributed by atoms with Crippen molar-refractivity contribution in [1.82, 2.24) is 25.2 Å². The fourth-order valence-electron chi connectivity index (χ4n) is 3.04. The summed E-state index contributed by atoms with van der Waals surface area (Å²) in [5.74, 6) is 2.15. The van der Waals surface area contributed by atoms with Crippen LogP contribution in [0.15, 0.2) is 24.4 Å². The number of nitrogens with one attached hydrogen (secondary N) is 2. The summed E-state index contributed by atoms with van der Waals surface area (Å²) in [6, 6.07) is 5.45. The molecule has 2 aromatic rings. The minimum Gasteiger partial charge on any atom is -0.337 e. The number of thioether (sulfide) groups is 1. The molecule has 0 aliphatic carbocycles. The highest BCUT2D eigenvalue weighted by molar-refractivity contribution is 8.00. The molecule has 130 valence electrons. The average Bonchev–Trinajstić information content (AvgIpc) is 3.17. The second kappa shape index (κ2) is 7.01. The predicted octanol–water partition coefficient (Wildman–Crippen LogP) is 3.01. The lowest BCUT2D eigenvalue weighted by molar-refractivity contribution is 0.231. The first kappa shape index (κ1) is 17.1. The third kappa shape index (κ3) is 3.66. The topological polar surface area (TPSA) is 71.3 Å². The van der Waals surface area contributed by atoms with Crippen LogP contribution in [-0.2, 0) is 0 Å². The van der Waals surface area contributed by atoms with Gasteiger partial charge >= 0.3 is 6.03 Å². The molecular weight excluding hydrogens is 322 g/mol. The summed E-state index contributed by atoms with van der Waals surface area (Å²) in [4.78, 5) is 12.4. The minimum absolute atomic E-state index is 0.143. The van der Waals surface area contributed by atoms with Gasteiger partial charge in [0.2, 0.25) is 0 Å². The zero-order valence-corrected chi connectivity index (χ0v) is 15.3. The van der Waals surface area contributed by atoms with Gasteiger partial charge in [0.25, 0.3) is 0 Å². The van der Waals surface area contributed by atoms with Gasteiger partial charge in [-0.25, -0.2) is 4.79 Å². The summed E-state index contributed by atoms with van der Waals surface area (Å²) in [7, 11) is 0. The molecule has 1 fully saturated rings. The van der Waals surface area contributed by atoms with Crippen LogP contribution in [0.25, 0.3) is 5.65 Å². The van der Waals surface area contributed by atoms with E-state index in [4.69, 9.17) is 0 Å². The Bertz CT molecular complexity index is 708. The number of rotatable bonds is 5. The van der Waals surface area contributed by atoms with Crippen molar-refractivity contribution in [2.24, 2.45) is 5.92 Å². The van der Waals surface area contributed by atoms with Crippen molar-refractivity contribution in [2.45, 2.75) is 44.4 Å². The van der Waals surface area contributed by atoms with E-state index in [-0.39, 0.29) is 22.7 Å². The Morgan fingerprint density at radius 2 is 2.25 bits per heavy atom. The number of urea groups is 1. The predicted molar refractivity (Wildman–Crippen MR) is 97.2 cm³/mol. The van der Waals surface area contributed by atoms with E-state index in [1.54, 1.807) is 0 Å². The number of amides is 2. The molecule has 0 bridgehead atoms. The van der Waals surface area contributed by atoms with Crippen LogP contribution in [0.4, 0.5) is 4.79 Å². The van der Waals surface area contributed by atoms with Crippen LogP contribution in [0.2, 0.25) is 0 Å². The number of hydrogen-bond donors (Lipinski definition) is 2. The monoisotopic (exact) mass is 347 g/mol. The number of aromatic nitrogens is 3. The van der Waals surface area contributed by atoms with Crippen molar-refractivity contribution in [3.63, 3.8) is 0 Å². The summed E-state index contributed by atoms with van der Waals surface area (Å²) in [5.41, 5.74) is 0.787. The van der Waals surface area contributed by atoms with Crippen LogP contribution < -0.4 is 10.6 Å². The van der Waals surface area contributed by atoms with Crippen molar-refractivity contribution >= 4 is 23.4 Å². The molecule has 0 saturated carbocycles. The van der Waals surface area contributed by atoms with Gasteiger partial charge in [-0.2, -0.15) is 11.8 Å². The molecule has 0 aromatic carbocycles. The summed E-state index contributed by atoms with van der Waals surface area (Å²) < 4.78 is 2.09. The fraction of sp³-hybridized carbons (Fsp3) is 0.588. The van der Waals surface area contributed by atoms with Crippen molar-refractivity contribution in [2.75, 3.05) is 12.3 Å². The summed E-state index contributed by atoms with van der Waals surface area (Å²) >= 11 is 1.94. The lowest BCUT2D eigenvalue weighted by Crippen LogP contribution is -2.45. The van der Waals surface area contributed by atoms with Crippen molar-refractivity contribution < 1.29 is 4.79 Å². The second-order valence-electron chi connectivity index (χ2n) is 6.94. The van der Waals surface area contributed by atoms with Gasteiger partial charge in [-0.05, 0) is 43.6 Å². The summed E-state index contributed by atoms with van der Waals surface area (Å²) in [6.07, 6.45) is 4.31. The molecule has 6 nitrogen and oxygen atoms in total. The Hall–Kier alpha value is -1.76. The molecule has 2 atom stereocenters. The molecule has 1 aliphatic rings. The first-order chi connectivity index (χ1) is 11.5. The third-order valence-corrected chi connectivity index (χ3v) is 6.03. The summed E-state index contributed by atoms with van der Waals surface area (Å²) in [6.45, 7) is 7.05. The minimum atomic E-state index is -0.188. The Morgan fingerprint density at radius 1 is 1.42 bits per heavy atom. The normalized spacial score (nSPS) is 22.0. The van der Waals surface area contributed by atoms with Gasteiger partial charge in [-0.1, -0.05) is 19.9 Å². The quantitative estimate of drug-likeness (QED) is 0.872. The number of hydrogen-bond acceptors (Lipinski definition) is 4. The lowest BCUT2D eigenvalue weighted by atomic mass is 10.0. The molecular formula is C17H25N5OS. The molecule has 7 heteroatoms. The molecule has 0 unspecified atom stereocenters. The number of pyridine rings is 1. The fourth-order valence-corrected chi connectivity index (χ4v) is 4.28. The van der Waals surface area contributed by atoms with Crippen LogP contribution in [0.1, 0.15) is 45.5 Å². The summed E-state index contributed by atoms with van der Waals surface area (Å²) in [5, 5.41) is 14.6. The van der Waals surface area contributed by atoms with E-state index in [1.807, 2.05) is 40.6 Å². The molecule has 2 N–H and O–H groups in total. The number of nitrogens with zero attached hydrogens (tertiary/aromatic N) is 3. The molecule has 24 heavy (non-hydrogen) atoms.